The number of amides is 2. The van der Waals surface area contributed by atoms with Crippen LogP contribution in [0.1, 0.15) is 31.7 Å². The maximum Gasteiger partial charge on any atom is 0.317 e. The lowest BCUT2D eigenvalue weighted by molar-refractivity contribution is -0.138. The van der Waals surface area contributed by atoms with Gasteiger partial charge in [0.15, 0.2) is 0 Å². The molecule has 1 aromatic carbocycles. The van der Waals surface area contributed by atoms with Gasteiger partial charge in [-0.2, -0.15) is 0 Å². The Hall–Kier alpha value is -2.12. The number of hydrogen-bond acceptors (Lipinski definition) is 4. The molecule has 1 fully saturated rings. The monoisotopic (exact) mass is 383 g/mol. The standard InChI is InChI=1S/C18H25N3O4.ClH/c1-2-9-20(13-18(24)25)12-16(22)19-11-14-5-7-15(8-6-14)21-10-3-4-17(21)23;/h5-8H,2-4,9-13H2,1H3,(H,19,22)(H,24,25);1H. The minimum Gasteiger partial charge on any atom is -0.480 e. The largest absolute Gasteiger partial charge is 0.480 e. The fourth-order valence-electron chi connectivity index (χ4n) is 2.90. The molecule has 0 bridgehead atoms. The number of benzene rings is 1. The molecule has 1 aliphatic heterocycles. The van der Waals surface area contributed by atoms with Crippen LogP contribution in [0.2, 0.25) is 0 Å². The van der Waals surface area contributed by atoms with Crippen molar-refractivity contribution in [2.24, 2.45) is 0 Å². The Kier molecular flexibility index (Phi) is 9.09. The third-order valence-corrected chi connectivity index (χ3v) is 4.08. The van der Waals surface area contributed by atoms with E-state index < -0.39 is 5.97 Å². The molecule has 0 aliphatic carbocycles. The van der Waals surface area contributed by atoms with Crippen LogP contribution >= 0.6 is 12.4 Å². The highest BCUT2D eigenvalue weighted by Gasteiger charge is 2.21. The smallest absolute Gasteiger partial charge is 0.317 e. The number of anilines is 1. The summed E-state index contributed by atoms with van der Waals surface area (Å²) < 4.78 is 0. The van der Waals surface area contributed by atoms with Gasteiger partial charge < -0.3 is 15.3 Å². The molecule has 1 heterocycles. The van der Waals surface area contributed by atoms with Gasteiger partial charge in [-0.3, -0.25) is 19.3 Å². The van der Waals surface area contributed by atoms with Gasteiger partial charge in [-0.25, -0.2) is 0 Å². The van der Waals surface area contributed by atoms with Crippen molar-refractivity contribution in [2.75, 3.05) is 31.1 Å². The highest BCUT2D eigenvalue weighted by Crippen LogP contribution is 2.21. The van der Waals surface area contributed by atoms with Gasteiger partial charge in [0.1, 0.15) is 0 Å². The van der Waals surface area contributed by atoms with Gasteiger partial charge in [0.05, 0.1) is 13.1 Å². The van der Waals surface area contributed by atoms with Gasteiger partial charge in [0.2, 0.25) is 11.8 Å². The minimum atomic E-state index is -0.937. The molecule has 0 saturated carbocycles. The lowest BCUT2D eigenvalue weighted by Crippen LogP contribution is -2.40. The maximum absolute atomic E-state index is 12.0. The number of carboxylic acid groups (broad SMARTS) is 1. The highest BCUT2D eigenvalue weighted by atomic mass is 35.5. The summed E-state index contributed by atoms with van der Waals surface area (Å²) >= 11 is 0. The highest BCUT2D eigenvalue weighted by molar-refractivity contribution is 5.95. The lowest BCUT2D eigenvalue weighted by Gasteiger charge is -2.19. The van der Waals surface area contributed by atoms with E-state index in [1.165, 1.54) is 0 Å². The Morgan fingerprint density at radius 2 is 1.92 bits per heavy atom. The number of hydrogen-bond donors (Lipinski definition) is 2. The first-order valence-electron chi connectivity index (χ1n) is 8.59. The van der Waals surface area contributed by atoms with E-state index in [9.17, 15) is 14.4 Å². The zero-order valence-corrected chi connectivity index (χ0v) is 15.8. The van der Waals surface area contributed by atoms with Crippen molar-refractivity contribution >= 4 is 35.9 Å². The van der Waals surface area contributed by atoms with Crippen LogP contribution in [-0.4, -0.2) is 54.0 Å². The average molecular weight is 384 g/mol. The number of nitrogens with zero attached hydrogens (tertiary/aromatic N) is 2. The van der Waals surface area contributed by atoms with E-state index in [0.29, 0.717) is 19.5 Å². The number of carboxylic acids is 1. The van der Waals surface area contributed by atoms with Gasteiger partial charge >= 0.3 is 5.97 Å². The minimum absolute atomic E-state index is 0. The summed E-state index contributed by atoms with van der Waals surface area (Å²) in [5, 5.41) is 11.7. The topological polar surface area (TPSA) is 89.9 Å². The van der Waals surface area contributed by atoms with E-state index in [0.717, 1.165) is 30.6 Å². The van der Waals surface area contributed by atoms with Crippen LogP contribution in [0, 0.1) is 0 Å². The summed E-state index contributed by atoms with van der Waals surface area (Å²) in [7, 11) is 0. The van der Waals surface area contributed by atoms with Gasteiger partial charge in [-0.15, -0.1) is 12.4 Å². The van der Waals surface area contributed by atoms with Crippen molar-refractivity contribution in [3.8, 4) is 0 Å². The number of nitrogens with one attached hydrogen (secondary N) is 1. The van der Waals surface area contributed by atoms with E-state index in [-0.39, 0.29) is 37.3 Å². The van der Waals surface area contributed by atoms with Crippen LogP contribution < -0.4 is 10.2 Å². The summed E-state index contributed by atoms with van der Waals surface area (Å²) in [6.07, 6.45) is 2.28. The van der Waals surface area contributed by atoms with Crippen LogP contribution in [-0.2, 0) is 20.9 Å². The molecule has 2 amide bonds. The Balaban J connectivity index is 0.00000338. The summed E-state index contributed by atoms with van der Waals surface area (Å²) in [6, 6.07) is 7.56. The summed E-state index contributed by atoms with van der Waals surface area (Å²) in [5.41, 5.74) is 1.82. The maximum atomic E-state index is 12.0. The third-order valence-electron chi connectivity index (χ3n) is 4.08. The quantitative estimate of drug-likeness (QED) is 0.676. The third kappa shape index (κ3) is 6.65. The molecule has 2 rings (SSSR count). The van der Waals surface area contributed by atoms with Gasteiger partial charge in [0.25, 0.3) is 0 Å². The first-order chi connectivity index (χ1) is 12.0. The normalized spacial score (nSPS) is 13.6. The predicted octanol–water partition coefficient (Wildman–Crippen LogP) is 1.65. The second-order valence-corrected chi connectivity index (χ2v) is 6.20. The molecule has 7 nitrogen and oxygen atoms in total. The van der Waals surface area contributed by atoms with Crippen molar-refractivity contribution in [1.29, 1.82) is 0 Å². The molecule has 2 N–H and O–H groups in total. The Morgan fingerprint density at radius 1 is 1.23 bits per heavy atom. The number of rotatable bonds is 9. The van der Waals surface area contributed by atoms with Crippen LogP contribution in [0.3, 0.4) is 0 Å². The zero-order chi connectivity index (χ0) is 18.2. The summed E-state index contributed by atoms with van der Waals surface area (Å²) in [6.45, 7) is 3.57. The molecule has 1 saturated heterocycles. The fraction of sp³-hybridized carbons (Fsp3) is 0.500. The number of carbonyl (C=O) groups excluding carboxylic acids is 2. The Labute approximate surface area is 159 Å². The lowest BCUT2D eigenvalue weighted by atomic mass is 10.2. The van der Waals surface area contributed by atoms with Crippen LogP contribution in [0.15, 0.2) is 24.3 Å². The van der Waals surface area contributed by atoms with Crippen LogP contribution in [0.25, 0.3) is 0 Å². The molecule has 0 aromatic heterocycles. The van der Waals surface area contributed by atoms with E-state index in [1.54, 1.807) is 9.80 Å². The molecular formula is C18H26ClN3O4. The number of halogens is 1. The molecule has 0 unspecified atom stereocenters. The molecule has 0 spiro atoms. The van der Waals surface area contributed by atoms with Crippen LogP contribution in [0.5, 0.6) is 0 Å². The number of aliphatic carboxylic acids is 1. The van der Waals surface area contributed by atoms with Crippen molar-refractivity contribution in [2.45, 2.75) is 32.7 Å². The first-order valence-corrected chi connectivity index (χ1v) is 8.59. The van der Waals surface area contributed by atoms with E-state index in [1.807, 2.05) is 31.2 Å². The van der Waals surface area contributed by atoms with Crippen molar-refractivity contribution in [1.82, 2.24) is 10.2 Å². The molecule has 26 heavy (non-hydrogen) atoms. The molecule has 0 atom stereocenters. The Bertz CT molecular complexity index is 621. The summed E-state index contributed by atoms with van der Waals surface area (Å²) in [4.78, 5) is 37.9. The van der Waals surface area contributed by atoms with Crippen molar-refractivity contribution in [3.63, 3.8) is 0 Å². The van der Waals surface area contributed by atoms with Gasteiger partial charge in [0, 0.05) is 25.2 Å². The molecule has 144 valence electrons. The molecule has 1 aliphatic rings. The average Bonchev–Trinajstić information content (AvgIpc) is 2.99. The van der Waals surface area contributed by atoms with Gasteiger partial charge in [-0.05, 0) is 37.1 Å². The summed E-state index contributed by atoms with van der Waals surface area (Å²) in [5.74, 6) is -0.989. The predicted molar refractivity (Wildman–Crippen MR) is 101 cm³/mol. The molecule has 0 radical (unpaired) electrons. The van der Waals surface area contributed by atoms with Crippen molar-refractivity contribution < 1.29 is 19.5 Å². The van der Waals surface area contributed by atoms with E-state index >= 15 is 0 Å². The molecule has 1 aromatic rings. The number of carbonyl (C=O) groups is 3. The van der Waals surface area contributed by atoms with E-state index in [4.69, 9.17) is 5.11 Å². The molecular weight excluding hydrogens is 358 g/mol. The second-order valence-electron chi connectivity index (χ2n) is 6.20. The van der Waals surface area contributed by atoms with Gasteiger partial charge in [-0.1, -0.05) is 19.1 Å². The SMILES string of the molecule is CCCN(CC(=O)O)CC(=O)NCc1ccc(N2CCCC2=O)cc1.Cl. The van der Waals surface area contributed by atoms with Crippen LogP contribution in [0.4, 0.5) is 5.69 Å². The van der Waals surface area contributed by atoms with E-state index in [2.05, 4.69) is 5.32 Å². The Morgan fingerprint density at radius 3 is 2.46 bits per heavy atom. The molecule has 8 heteroatoms. The fourth-order valence-corrected chi connectivity index (χ4v) is 2.90. The zero-order valence-electron chi connectivity index (χ0n) is 14.9. The second kappa shape index (κ2) is 10.8. The van der Waals surface area contributed by atoms with Crippen molar-refractivity contribution in [3.05, 3.63) is 29.8 Å². The first kappa shape index (κ1) is 21.9.